The van der Waals surface area contributed by atoms with E-state index in [1.807, 2.05) is 43.1 Å². The summed E-state index contributed by atoms with van der Waals surface area (Å²) >= 11 is 0. The third-order valence-electron chi connectivity index (χ3n) is 5.55. The van der Waals surface area contributed by atoms with Crippen molar-refractivity contribution in [2.24, 2.45) is 7.05 Å². The summed E-state index contributed by atoms with van der Waals surface area (Å²) in [5.41, 5.74) is 1.97. The molecule has 1 fully saturated rings. The van der Waals surface area contributed by atoms with Crippen molar-refractivity contribution in [1.29, 1.82) is 0 Å². The molecule has 8 heteroatoms. The molecule has 3 aromatic rings. The van der Waals surface area contributed by atoms with Crippen LogP contribution in [0.5, 0.6) is 0 Å². The highest BCUT2D eigenvalue weighted by atomic mass is 19.3. The zero-order valence-electron chi connectivity index (χ0n) is 16.5. The minimum Gasteiger partial charge on any atom is -0.368 e. The molecule has 0 unspecified atom stereocenters. The van der Waals surface area contributed by atoms with Crippen LogP contribution in [0.25, 0.3) is 5.65 Å². The number of aryl methyl sites for hydroxylation is 2. The van der Waals surface area contributed by atoms with Crippen LogP contribution in [-0.2, 0) is 7.05 Å². The van der Waals surface area contributed by atoms with Gasteiger partial charge in [-0.15, -0.1) is 0 Å². The zero-order valence-corrected chi connectivity index (χ0v) is 16.5. The van der Waals surface area contributed by atoms with Crippen molar-refractivity contribution in [3.8, 4) is 0 Å². The Morgan fingerprint density at radius 3 is 2.52 bits per heavy atom. The molecule has 0 aromatic carbocycles. The van der Waals surface area contributed by atoms with Crippen molar-refractivity contribution < 1.29 is 13.6 Å². The van der Waals surface area contributed by atoms with Gasteiger partial charge in [-0.1, -0.05) is 6.07 Å². The first-order valence-electron chi connectivity index (χ1n) is 9.87. The van der Waals surface area contributed by atoms with Crippen LogP contribution in [-0.4, -0.2) is 31.9 Å². The maximum absolute atomic E-state index is 13.0. The summed E-state index contributed by atoms with van der Waals surface area (Å²) in [5, 5.41) is 6.60. The molecular weight excluding hydrogens is 376 g/mol. The quantitative estimate of drug-likeness (QED) is 0.677. The number of nitrogens with one attached hydrogen (secondary N) is 2. The van der Waals surface area contributed by atoms with Crippen LogP contribution in [0.2, 0.25) is 0 Å². The van der Waals surface area contributed by atoms with Gasteiger partial charge in [-0.2, -0.15) is 0 Å². The fourth-order valence-corrected chi connectivity index (χ4v) is 4.06. The Morgan fingerprint density at radius 1 is 1.14 bits per heavy atom. The molecule has 154 valence electrons. The predicted octanol–water partition coefficient (Wildman–Crippen LogP) is 4.07. The van der Waals surface area contributed by atoms with E-state index in [0.29, 0.717) is 5.65 Å². The number of hydrogen-bond donors (Lipinski definition) is 2. The molecule has 29 heavy (non-hydrogen) atoms. The first-order chi connectivity index (χ1) is 13.9. The second-order valence-corrected chi connectivity index (χ2v) is 7.79. The van der Waals surface area contributed by atoms with Crippen LogP contribution in [0.15, 0.2) is 36.8 Å². The Morgan fingerprint density at radius 2 is 1.86 bits per heavy atom. The van der Waals surface area contributed by atoms with Gasteiger partial charge in [-0.3, -0.25) is 9.20 Å². The fraction of sp³-hybridized carbons (Fsp3) is 0.429. The lowest BCUT2D eigenvalue weighted by Gasteiger charge is -2.30. The molecule has 4 rings (SSSR count). The van der Waals surface area contributed by atoms with Crippen molar-refractivity contribution in [3.05, 3.63) is 53.6 Å². The van der Waals surface area contributed by atoms with Crippen LogP contribution in [0.1, 0.15) is 53.7 Å². The number of pyridine rings is 1. The van der Waals surface area contributed by atoms with Gasteiger partial charge in [0.1, 0.15) is 17.2 Å². The molecule has 6 nitrogen and oxygen atoms in total. The SMILES string of the molecule is Cc1cn(C)cc1C(=O)N[C@H]1CC[C@@H](Nc2cccc3nc(C(F)F)cn23)CC1. The van der Waals surface area contributed by atoms with Crippen molar-refractivity contribution in [2.45, 2.75) is 51.1 Å². The fourth-order valence-electron chi connectivity index (χ4n) is 4.06. The molecule has 0 saturated heterocycles. The van der Waals surface area contributed by atoms with Gasteiger partial charge >= 0.3 is 0 Å². The molecule has 0 aliphatic heterocycles. The van der Waals surface area contributed by atoms with Gasteiger partial charge in [0.15, 0.2) is 0 Å². The summed E-state index contributed by atoms with van der Waals surface area (Å²) in [5.74, 6) is 0.733. The molecule has 1 amide bonds. The summed E-state index contributed by atoms with van der Waals surface area (Å²) in [4.78, 5) is 16.5. The Bertz CT molecular complexity index is 1020. The summed E-state index contributed by atoms with van der Waals surface area (Å²) in [6, 6.07) is 5.78. The number of amides is 1. The van der Waals surface area contributed by atoms with E-state index in [-0.39, 0.29) is 23.7 Å². The molecule has 1 aliphatic rings. The lowest BCUT2D eigenvalue weighted by Crippen LogP contribution is -2.40. The van der Waals surface area contributed by atoms with E-state index in [2.05, 4.69) is 15.6 Å². The van der Waals surface area contributed by atoms with Gasteiger partial charge in [0.25, 0.3) is 12.3 Å². The largest absolute Gasteiger partial charge is 0.368 e. The number of fused-ring (bicyclic) bond motifs is 1. The molecule has 0 spiro atoms. The van der Waals surface area contributed by atoms with E-state index in [0.717, 1.165) is 42.6 Å². The molecule has 3 aromatic heterocycles. The maximum atomic E-state index is 13.0. The van der Waals surface area contributed by atoms with E-state index in [1.165, 1.54) is 6.20 Å². The maximum Gasteiger partial charge on any atom is 0.281 e. The molecule has 0 radical (unpaired) electrons. The van der Waals surface area contributed by atoms with E-state index < -0.39 is 6.43 Å². The Hall–Kier alpha value is -2.90. The number of carbonyl (C=O) groups is 1. The number of rotatable bonds is 5. The first kappa shape index (κ1) is 19.4. The molecule has 0 atom stereocenters. The number of halogens is 2. The summed E-state index contributed by atoms with van der Waals surface area (Å²) < 4.78 is 29.5. The Labute approximate surface area is 167 Å². The number of nitrogens with zero attached hydrogens (tertiary/aromatic N) is 3. The summed E-state index contributed by atoms with van der Waals surface area (Å²) in [6.45, 7) is 1.94. The molecule has 0 bridgehead atoms. The monoisotopic (exact) mass is 401 g/mol. The van der Waals surface area contributed by atoms with Gasteiger partial charge in [-0.25, -0.2) is 13.8 Å². The van der Waals surface area contributed by atoms with Crippen molar-refractivity contribution >= 4 is 17.4 Å². The molecule has 3 heterocycles. The number of anilines is 1. The predicted molar refractivity (Wildman–Crippen MR) is 107 cm³/mol. The van der Waals surface area contributed by atoms with Crippen LogP contribution in [0.3, 0.4) is 0 Å². The standard InChI is InChI=1S/C21H25F2N5O/c1-13-10-27(2)11-16(13)21(29)25-15-8-6-14(7-9-15)24-18-4-3-5-19-26-17(20(22)23)12-28(18)19/h3-5,10-12,14-15,20,24H,6-9H2,1-2H3,(H,25,29)/t14-,15+. The minimum absolute atomic E-state index is 0.0257. The second kappa shape index (κ2) is 7.85. The average Bonchev–Trinajstić information content (AvgIpc) is 3.27. The van der Waals surface area contributed by atoms with Crippen LogP contribution in [0, 0.1) is 6.92 Å². The number of hydrogen-bond acceptors (Lipinski definition) is 3. The van der Waals surface area contributed by atoms with E-state index >= 15 is 0 Å². The third kappa shape index (κ3) is 4.11. The van der Waals surface area contributed by atoms with Gasteiger partial charge in [-0.05, 0) is 50.3 Å². The van der Waals surface area contributed by atoms with E-state index in [9.17, 15) is 13.6 Å². The van der Waals surface area contributed by atoms with Crippen molar-refractivity contribution in [2.75, 3.05) is 5.32 Å². The van der Waals surface area contributed by atoms with Crippen molar-refractivity contribution in [3.63, 3.8) is 0 Å². The van der Waals surface area contributed by atoms with Crippen LogP contribution >= 0.6 is 0 Å². The topological polar surface area (TPSA) is 63.4 Å². The molecular formula is C21H25F2N5O. The smallest absolute Gasteiger partial charge is 0.281 e. The highest BCUT2D eigenvalue weighted by Crippen LogP contribution is 2.25. The van der Waals surface area contributed by atoms with Gasteiger partial charge in [0.2, 0.25) is 0 Å². The summed E-state index contributed by atoms with van der Waals surface area (Å²) in [6.07, 6.45) is 6.11. The zero-order chi connectivity index (χ0) is 20.5. The highest BCUT2D eigenvalue weighted by Gasteiger charge is 2.24. The number of aromatic nitrogens is 3. The highest BCUT2D eigenvalue weighted by molar-refractivity contribution is 5.95. The number of imidazole rings is 1. The average molecular weight is 401 g/mol. The van der Waals surface area contributed by atoms with Crippen molar-refractivity contribution in [1.82, 2.24) is 19.3 Å². The molecule has 2 N–H and O–H groups in total. The van der Waals surface area contributed by atoms with Gasteiger partial charge in [0, 0.05) is 37.7 Å². The van der Waals surface area contributed by atoms with E-state index in [1.54, 1.807) is 10.5 Å². The normalized spacial score (nSPS) is 19.6. The van der Waals surface area contributed by atoms with Gasteiger partial charge in [0.05, 0.1) is 5.56 Å². The third-order valence-corrected chi connectivity index (χ3v) is 5.55. The number of carbonyl (C=O) groups excluding carboxylic acids is 1. The lowest BCUT2D eigenvalue weighted by molar-refractivity contribution is 0.0926. The van der Waals surface area contributed by atoms with Crippen LogP contribution in [0.4, 0.5) is 14.6 Å². The summed E-state index contributed by atoms with van der Waals surface area (Å²) in [7, 11) is 1.91. The molecule has 1 saturated carbocycles. The first-order valence-corrected chi connectivity index (χ1v) is 9.87. The Kier molecular flexibility index (Phi) is 5.25. The minimum atomic E-state index is -2.59. The van der Waals surface area contributed by atoms with E-state index in [4.69, 9.17) is 0 Å². The lowest BCUT2D eigenvalue weighted by atomic mass is 9.91. The molecule has 1 aliphatic carbocycles. The van der Waals surface area contributed by atoms with Crippen LogP contribution < -0.4 is 10.6 Å². The number of alkyl halides is 2. The second-order valence-electron chi connectivity index (χ2n) is 7.79. The Balaban J connectivity index is 1.36. The van der Waals surface area contributed by atoms with Gasteiger partial charge < -0.3 is 15.2 Å².